The molecule has 1 aliphatic heterocycles. The second-order valence-corrected chi connectivity index (χ2v) is 8.09. The van der Waals surface area contributed by atoms with Gasteiger partial charge in [-0.3, -0.25) is 0 Å². The van der Waals surface area contributed by atoms with Crippen LogP contribution < -0.4 is 5.32 Å². The first-order chi connectivity index (χ1) is 11.2. The number of ether oxygens (including phenoxy) is 1. The molecule has 1 amide bonds. The molecular formula is C19H29ClN2O2. The topological polar surface area (TPSA) is 41.6 Å². The molecule has 0 spiro atoms. The van der Waals surface area contributed by atoms with Gasteiger partial charge in [0.25, 0.3) is 0 Å². The highest BCUT2D eigenvalue weighted by atomic mass is 35.5. The van der Waals surface area contributed by atoms with Crippen molar-refractivity contribution in [1.82, 2.24) is 4.90 Å². The van der Waals surface area contributed by atoms with E-state index >= 15 is 0 Å². The lowest BCUT2D eigenvalue weighted by molar-refractivity contribution is 0.0256. The third kappa shape index (κ3) is 5.30. The van der Waals surface area contributed by atoms with Gasteiger partial charge in [0.05, 0.1) is 0 Å². The molecule has 1 aromatic carbocycles. The minimum Gasteiger partial charge on any atom is -0.444 e. The number of halogens is 1. The maximum atomic E-state index is 12.2. The van der Waals surface area contributed by atoms with Gasteiger partial charge in [-0.1, -0.05) is 11.6 Å². The zero-order valence-electron chi connectivity index (χ0n) is 15.4. The molecule has 1 fully saturated rings. The smallest absolute Gasteiger partial charge is 0.410 e. The van der Waals surface area contributed by atoms with Crippen molar-refractivity contribution >= 4 is 23.4 Å². The number of carbonyl (C=O) groups is 1. The van der Waals surface area contributed by atoms with Crippen molar-refractivity contribution in [1.29, 1.82) is 0 Å². The molecule has 0 radical (unpaired) electrons. The first kappa shape index (κ1) is 18.9. The van der Waals surface area contributed by atoms with E-state index in [0.29, 0.717) is 6.04 Å². The normalized spacial score (nSPS) is 18.9. The second kappa shape index (κ2) is 7.64. The van der Waals surface area contributed by atoms with Crippen molar-refractivity contribution in [3.05, 3.63) is 28.3 Å². The minimum absolute atomic E-state index is 0.206. The standard InChI is InChI=1S/C19H29ClN2O2/c1-13-11-15(20)12-14(2)17(13)21-16-7-6-9-22(10-8-16)18(23)24-19(3,4)5/h11-12,16,21H,6-10H2,1-5H3. The largest absolute Gasteiger partial charge is 0.444 e. The third-order valence-corrected chi connectivity index (χ3v) is 4.44. The first-order valence-electron chi connectivity index (χ1n) is 8.67. The lowest BCUT2D eigenvalue weighted by Gasteiger charge is -2.26. The van der Waals surface area contributed by atoms with E-state index in [0.717, 1.165) is 54.2 Å². The number of benzene rings is 1. The molecule has 0 aromatic heterocycles. The number of likely N-dealkylation sites (tertiary alicyclic amines) is 1. The summed E-state index contributed by atoms with van der Waals surface area (Å²) >= 11 is 6.11. The van der Waals surface area contributed by atoms with E-state index in [1.807, 2.05) is 37.8 Å². The summed E-state index contributed by atoms with van der Waals surface area (Å²) in [5.74, 6) is 0. The Kier molecular flexibility index (Phi) is 6.02. The molecule has 2 rings (SSSR count). The Hall–Kier alpha value is -1.42. The molecule has 1 heterocycles. The molecule has 1 aliphatic rings. The lowest BCUT2D eigenvalue weighted by atomic mass is 10.0. The second-order valence-electron chi connectivity index (χ2n) is 7.65. The molecule has 0 saturated carbocycles. The molecule has 1 atom stereocenters. The van der Waals surface area contributed by atoms with Crippen LogP contribution in [0.2, 0.25) is 5.02 Å². The zero-order valence-corrected chi connectivity index (χ0v) is 16.2. The van der Waals surface area contributed by atoms with Gasteiger partial charge in [-0.05, 0) is 77.1 Å². The quantitative estimate of drug-likeness (QED) is 0.799. The fourth-order valence-electron chi connectivity index (χ4n) is 3.09. The van der Waals surface area contributed by atoms with Crippen LogP contribution in [0.15, 0.2) is 12.1 Å². The van der Waals surface area contributed by atoms with Gasteiger partial charge in [0.2, 0.25) is 0 Å². The maximum Gasteiger partial charge on any atom is 0.410 e. The van der Waals surface area contributed by atoms with Crippen LogP contribution in [0.3, 0.4) is 0 Å². The van der Waals surface area contributed by atoms with Crippen molar-refractivity contribution in [3.63, 3.8) is 0 Å². The molecule has 1 N–H and O–H groups in total. The Bertz CT molecular complexity index is 573. The third-order valence-electron chi connectivity index (χ3n) is 4.23. The van der Waals surface area contributed by atoms with Gasteiger partial charge in [-0.15, -0.1) is 0 Å². The van der Waals surface area contributed by atoms with Gasteiger partial charge in [0.15, 0.2) is 0 Å². The van der Waals surface area contributed by atoms with Crippen LogP contribution in [0.5, 0.6) is 0 Å². The Morgan fingerprint density at radius 2 is 1.83 bits per heavy atom. The molecule has 1 unspecified atom stereocenters. The molecule has 0 aliphatic carbocycles. The molecule has 1 saturated heterocycles. The van der Waals surface area contributed by atoms with Crippen molar-refractivity contribution in [3.8, 4) is 0 Å². The maximum absolute atomic E-state index is 12.2. The van der Waals surface area contributed by atoms with E-state index in [-0.39, 0.29) is 6.09 Å². The van der Waals surface area contributed by atoms with Crippen molar-refractivity contribution in [2.45, 2.75) is 65.5 Å². The van der Waals surface area contributed by atoms with Crippen LogP contribution in [0.1, 0.15) is 51.2 Å². The Morgan fingerprint density at radius 3 is 2.42 bits per heavy atom. The highest BCUT2D eigenvalue weighted by Crippen LogP contribution is 2.27. The minimum atomic E-state index is -0.446. The van der Waals surface area contributed by atoms with Gasteiger partial charge < -0.3 is 15.0 Å². The lowest BCUT2D eigenvalue weighted by Crippen LogP contribution is -2.37. The van der Waals surface area contributed by atoms with E-state index in [4.69, 9.17) is 16.3 Å². The van der Waals surface area contributed by atoms with Gasteiger partial charge >= 0.3 is 6.09 Å². The zero-order chi connectivity index (χ0) is 17.9. The first-order valence-corrected chi connectivity index (χ1v) is 9.05. The van der Waals surface area contributed by atoms with Crippen LogP contribution >= 0.6 is 11.6 Å². The number of anilines is 1. The fraction of sp³-hybridized carbons (Fsp3) is 0.632. The fourth-order valence-corrected chi connectivity index (χ4v) is 3.42. The van der Waals surface area contributed by atoms with Crippen molar-refractivity contribution in [2.24, 2.45) is 0 Å². The summed E-state index contributed by atoms with van der Waals surface area (Å²) in [7, 11) is 0. The van der Waals surface area contributed by atoms with Gasteiger partial charge in [-0.2, -0.15) is 0 Å². The Labute approximate surface area is 150 Å². The number of aryl methyl sites for hydroxylation is 2. The van der Waals surface area contributed by atoms with Crippen molar-refractivity contribution < 1.29 is 9.53 Å². The summed E-state index contributed by atoms with van der Waals surface area (Å²) in [6, 6.07) is 4.33. The van der Waals surface area contributed by atoms with E-state index in [9.17, 15) is 4.79 Å². The van der Waals surface area contributed by atoms with Crippen LogP contribution in [0, 0.1) is 13.8 Å². The van der Waals surface area contributed by atoms with E-state index in [1.165, 1.54) is 0 Å². The van der Waals surface area contributed by atoms with Gasteiger partial charge in [-0.25, -0.2) is 4.79 Å². The van der Waals surface area contributed by atoms with Crippen molar-refractivity contribution in [2.75, 3.05) is 18.4 Å². The van der Waals surface area contributed by atoms with Gasteiger partial charge in [0.1, 0.15) is 5.60 Å². The number of hydrogen-bond donors (Lipinski definition) is 1. The molecule has 24 heavy (non-hydrogen) atoms. The Morgan fingerprint density at radius 1 is 1.21 bits per heavy atom. The summed E-state index contributed by atoms with van der Waals surface area (Å²) in [4.78, 5) is 14.1. The molecule has 4 nitrogen and oxygen atoms in total. The summed E-state index contributed by atoms with van der Waals surface area (Å²) in [5, 5.41) is 4.43. The van der Waals surface area contributed by atoms with Crippen LogP contribution in [-0.2, 0) is 4.74 Å². The molecule has 5 heteroatoms. The number of hydrogen-bond acceptors (Lipinski definition) is 3. The molecule has 1 aromatic rings. The summed E-state index contributed by atoms with van der Waals surface area (Å²) in [5.41, 5.74) is 3.04. The van der Waals surface area contributed by atoms with Crippen LogP contribution in [0.4, 0.5) is 10.5 Å². The number of rotatable bonds is 2. The number of carbonyl (C=O) groups excluding carboxylic acids is 1. The average molecular weight is 353 g/mol. The number of nitrogens with zero attached hydrogens (tertiary/aromatic N) is 1. The summed E-state index contributed by atoms with van der Waals surface area (Å²) in [6.45, 7) is 11.3. The van der Waals surface area contributed by atoms with Gasteiger partial charge in [0, 0.05) is 29.8 Å². The van der Waals surface area contributed by atoms with Crippen LogP contribution in [0.25, 0.3) is 0 Å². The molecular weight excluding hydrogens is 324 g/mol. The van der Waals surface area contributed by atoms with E-state index in [1.54, 1.807) is 0 Å². The molecule has 134 valence electrons. The predicted molar refractivity (Wildman–Crippen MR) is 100.0 cm³/mol. The monoisotopic (exact) mass is 352 g/mol. The summed E-state index contributed by atoms with van der Waals surface area (Å²) in [6.07, 6.45) is 2.73. The molecule has 0 bridgehead atoms. The summed E-state index contributed by atoms with van der Waals surface area (Å²) < 4.78 is 5.49. The SMILES string of the molecule is Cc1cc(Cl)cc(C)c1NC1CCCN(C(=O)OC(C)(C)C)CC1. The highest BCUT2D eigenvalue weighted by molar-refractivity contribution is 6.30. The predicted octanol–water partition coefficient (Wildman–Crippen LogP) is 5.16. The number of amides is 1. The highest BCUT2D eigenvalue weighted by Gasteiger charge is 2.25. The Balaban J connectivity index is 1.98. The average Bonchev–Trinajstić information content (AvgIpc) is 2.66. The van der Waals surface area contributed by atoms with Crippen LogP contribution in [-0.4, -0.2) is 35.7 Å². The van der Waals surface area contributed by atoms with E-state index < -0.39 is 5.60 Å². The van der Waals surface area contributed by atoms with E-state index in [2.05, 4.69) is 19.2 Å². The number of nitrogens with one attached hydrogen (secondary N) is 1.